The van der Waals surface area contributed by atoms with E-state index in [0.717, 1.165) is 51.0 Å². The lowest BCUT2D eigenvalue weighted by Gasteiger charge is -2.38. The molecule has 0 radical (unpaired) electrons. The van der Waals surface area contributed by atoms with Crippen molar-refractivity contribution in [3.05, 3.63) is 24.3 Å². The number of guanidine groups is 1. The van der Waals surface area contributed by atoms with Crippen LogP contribution in [0.3, 0.4) is 0 Å². The first-order valence-electron chi connectivity index (χ1n) is 11.3. The van der Waals surface area contributed by atoms with Gasteiger partial charge in [0.25, 0.3) is 0 Å². The molecule has 2 aliphatic heterocycles. The fourth-order valence-corrected chi connectivity index (χ4v) is 4.33. The number of methoxy groups -OCH3 is 1. The van der Waals surface area contributed by atoms with Crippen molar-refractivity contribution in [3.8, 4) is 5.75 Å². The average molecular weight is 402 g/mol. The van der Waals surface area contributed by atoms with E-state index in [1.807, 2.05) is 12.1 Å². The molecule has 0 amide bonds. The van der Waals surface area contributed by atoms with Crippen molar-refractivity contribution in [2.75, 3.05) is 64.4 Å². The quantitative estimate of drug-likeness (QED) is 0.586. The summed E-state index contributed by atoms with van der Waals surface area (Å²) in [5, 5.41) is 3.52. The third-order valence-electron chi connectivity index (χ3n) is 6.13. The molecule has 2 aliphatic rings. The second-order valence-electron chi connectivity index (χ2n) is 8.46. The van der Waals surface area contributed by atoms with Crippen LogP contribution in [0.4, 0.5) is 5.69 Å². The number of ether oxygens (including phenoxy) is 1. The van der Waals surface area contributed by atoms with Crippen LogP contribution < -0.4 is 15.0 Å². The fourth-order valence-electron chi connectivity index (χ4n) is 4.33. The number of nitrogens with zero attached hydrogens (tertiary/aromatic N) is 4. The van der Waals surface area contributed by atoms with Crippen LogP contribution in [0.15, 0.2) is 29.3 Å². The molecule has 6 nitrogen and oxygen atoms in total. The molecule has 1 aromatic rings. The molecule has 0 aliphatic carbocycles. The van der Waals surface area contributed by atoms with E-state index in [1.54, 1.807) is 7.11 Å². The van der Waals surface area contributed by atoms with Crippen LogP contribution in [0.5, 0.6) is 5.75 Å². The Bertz CT molecular complexity index is 637. The molecule has 162 valence electrons. The first kappa shape index (κ1) is 21.8. The maximum atomic E-state index is 5.27. The number of aliphatic imine (C=N–C) groups is 1. The summed E-state index contributed by atoms with van der Waals surface area (Å²) in [4.78, 5) is 12.5. The SMILES string of the molecule is CCNC(=NCC1CCCN(C(C)C)C1)N1CCN(c2ccc(OC)cc2)CC1. The molecular formula is C23H39N5O. The van der Waals surface area contributed by atoms with Gasteiger partial charge in [0.15, 0.2) is 5.96 Å². The van der Waals surface area contributed by atoms with Gasteiger partial charge in [-0.3, -0.25) is 4.99 Å². The number of anilines is 1. The van der Waals surface area contributed by atoms with E-state index in [9.17, 15) is 0 Å². The van der Waals surface area contributed by atoms with Crippen LogP contribution >= 0.6 is 0 Å². The van der Waals surface area contributed by atoms with E-state index in [-0.39, 0.29) is 0 Å². The number of likely N-dealkylation sites (tertiary alicyclic amines) is 1. The minimum atomic E-state index is 0.640. The molecule has 2 heterocycles. The van der Waals surface area contributed by atoms with Gasteiger partial charge in [0.2, 0.25) is 0 Å². The lowest BCUT2D eigenvalue weighted by atomic mass is 9.97. The van der Waals surface area contributed by atoms with Crippen LogP contribution in [0.1, 0.15) is 33.6 Å². The highest BCUT2D eigenvalue weighted by atomic mass is 16.5. The number of nitrogens with one attached hydrogen (secondary N) is 1. The predicted octanol–water partition coefficient (Wildman–Crippen LogP) is 2.90. The molecule has 29 heavy (non-hydrogen) atoms. The number of hydrogen-bond donors (Lipinski definition) is 1. The summed E-state index contributed by atoms with van der Waals surface area (Å²) < 4.78 is 5.27. The molecule has 0 saturated carbocycles. The molecule has 1 aromatic carbocycles. The highest BCUT2D eigenvalue weighted by Gasteiger charge is 2.23. The highest BCUT2D eigenvalue weighted by Crippen LogP contribution is 2.21. The molecule has 3 rings (SSSR count). The molecule has 2 saturated heterocycles. The molecule has 2 fully saturated rings. The van der Waals surface area contributed by atoms with Gasteiger partial charge in [-0.15, -0.1) is 0 Å². The summed E-state index contributed by atoms with van der Waals surface area (Å²) in [6.45, 7) is 15.1. The third kappa shape index (κ3) is 6.01. The van der Waals surface area contributed by atoms with E-state index in [1.165, 1.54) is 31.6 Å². The van der Waals surface area contributed by atoms with Crippen molar-refractivity contribution >= 4 is 11.6 Å². The normalized spacial score (nSPS) is 21.6. The van der Waals surface area contributed by atoms with Crippen LogP contribution in [0.25, 0.3) is 0 Å². The smallest absolute Gasteiger partial charge is 0.194 e. The van der Waals surface area contributed by atoms with Crippen molar-refractivity contribution < 1.29 is 4.74 Å². The van der Waals surface area contributed by atoms with Gasteiger partial charge in [-0.1, -0.05) is 0 Å². The van der Waals surface area contributed by atoms with Gasteiger partial charge in [0.1, 0.15) is 5.75 Å². The van der Waals surface area contributed by atoms with E-state index in [0.29, 0.717) is 12.0 Å². The number of piperazine rings is 1. The van der Waals surface area contributed by atoms with Crippen molar-refractivity contribution in [2.45, 2.75) is 39.7 Å². The van der Waals surface area contributed by atoms with Gasteiger partial charge in [-0.25, -0.2) is 0 Å². The zero-order valence-corrected chi connectivity index (χ0v) is 18.7. The molecule has 0 aromatic heterocycles. The molecule has 6 heteroatoms. The van der Waals surface area contributed by atoms with E-state index in [4.69, 9.17) is 9.73 Å². The first-order valence-corrected chi connectivity index (χ1v) is 11.3. The van der Waals surface area contributed by atoms with Crippen LogP contribution in [-0.4, -0.2) is 81.3 Å². The average Bonchev–Trinajstić information content (AvgIpc) is 2.77. The molecule has 1 N–H and O–H groups in total. The molecule has 1 unspecified atom stereocenters. The second-order valence-corrected chi connectivity index (χ2v) is 8.46. The predicted molar refractivity (Wildman–Crippen MR) is 122 cm³/mol. The number of rotatable bonds is 6. The van der Waals surface area contributed by atoms with Crippen LogP contribution in [0.2, 0.25) is 0 Å². The van der Waals surface area contributed by atoms with Crippen molar-refractivity contribution in [3.63, 3.8) is 0 Å². The molecular weight excluding hydrogens is 362 g/mol. The van der Waals surface area contributed by atoms with Crippen molar-refractivity contribution in [1.29, 1.82) is 0 Å². The Hall–Kier alpha value is -1.95. The van der Waals surface area contributed by atoms with Gasteiger partial charge in [-0.05, 0) is 70.3 Å². The Morgan fingerprint density at radius 2 is 1.86 bits per heavy atom. The lowest BCUT2D eigenvalue weighted by molar-refractivity contribution is 0.143. The van der Waals surface area contributed by atoms with Crippen molar-refractivity contribution in [1.82, 2.24) is 15.1 Å². The fraction of sp³-hybridized carbons (Fsp3) is 0.696. The minimum Gasteiger partial charge on any atom is -0.497 e. The summed E-state index contributed by atoms with van der Waals surface area (Å²) >= 11 is 0. The Kier molecular flexibility index (Phi) is 8.04. The standard InChI is InChI=1S/C23H39N5O/c1-5-24-23(25-17-20-7-6-12-28(18-20)19(2)3)27-15-13-26(14-16-27)21-8-10-22(29-4)11-9-21/h8-11,19-20H,5-7,12-18H2,1-4H3,(H,24,25). The first-order chi connectivity index (χ1) is 14.1. The molecule has 0 bridgehead atoms. The Morgan fingerprint density at radius 1 is 1.14 bits per heavy atom. The van der Waals surface area contributed by atoms with Gasteiger partial charge in [-0.2, -0.15) is 0 Å². The Balaban J connectivity index is 1.54. The van der Waals surface area contributed by atoms with E-state index in [2.05, 4.69) is 52.9 Å². The summed E-state index contributed by atoms with van der Waals surface area (Å²) in [5.41, 5.74) is 1.27. The van der Waals surface area contributed by atoms with Gasteiger partial charge < -0.3 is 24.8 Å². The molecule has 1 atom stereocenters. The highest BCUT2D eigenvalue weighted by molar-refractivity contribution is 5.80. The Labute approximate surface area is 176 Å². The van der Waals surface area contributed by atoms with E-state index < -0.39 is 0 Å². The topological polar surface area (TPSA) is 43.3 Å². The maximum absolute atomic E-state index is 5.27. The van der Waals surface area contributed by atoms with Gasteiger partial charge >= 0.3 is 0 Å². The van der Waals surface area contributed by atoms with Gasteiger partial charge in [0.05, 0.1) is 7.11 Å². The lowest BCUT2D eigenvalue weighted by Crippen LogP contribution is -2.52. The maximum Gasteiger partial charge on any atom is 0.194 e. The third-order valence-corrected chi connectivity index (χ3v) is 6.13. The largest absolute Gasteiger partial charge is 0.497 e. The zero-order chi connectivity index (χ0) is 20.6. The number of benzene rings is 1. The van der Waals surface area contributed by atoms with Crippen molar-refractivity contribution in [2.24, 2.45) is 10.9 Å². The number of piperidine rings is 1. The van der Waals surface area contributed by atoms with Crippen LogP contribution in [-0.2, 0) is 0 Å². The summed E-state index contributed by atoms with van der Waals surface area (Å²) in [5.74, 6) is 2.68. The Morgan fingerprint density at radius 3 is 2.48 bits per heavy atom. The monoisotopic (exact) mass is 401 g/mol. The van der Waals surface area contributed by atoms with E-state index >= 15 is 0 Å². The number of hydrogen-bond acceptors (Lipinski definition) is 4. The summed E-state index contributed by atoms with van der Waals surface area (Å²) in [7, 11) is 1.71. The second kappa shape index (κ2) is 10.7. The summed E-state index contributed by atoms with van der Waals surface area (Å²) in [6, 6.07) is 9.02. The molecule has 0 spiro atoms. The van der Waals surface area contributed by atoms with Crippen LogP contribution in [0, 0.1) is 5.92 Å². The zero-order valence-electron chi connectivity index (χ0n) is 18.7. The minimum absolute atomic E-state index is 0.640. The summed E-state index contributed by atoms with van der Waals surface area (Å²) in [6.07, 6.45) is 2.60. The van der Waals surface area contributed by atoms with Gasteiger partial charge in [0, 0.05) is 57.5 Å².